The molecule has 1 atom stereocenters. The van der Waals surface area contributed by atoms with Crippen LogP contribution >= 0.6 is 0 Å². The van der Waals surface area contributed by atoms with Crippen molar-refractivity contribution in [3.8, 4) is 0 Å². The predicted molar refractivity (Wildman–Crippen MR) is 61.1 cm³/mol. The molecule has 0 rings (SSSR count). The standard InChI is InChI=1S/C10H20O4Si/c1-7-15(5,6)14-10(4,8(11)12)9(2,3)13/h7,13H,1H2,2-6H3,(H,11,12). The lowest BCUT2D eigenvalue weighted by atomic mass is 9.88. The van der Waals surface area contributed by atoms with Gasteiger partial charge in [-0.05, 0) is 33.9 Å². The molecule has 4 nitrogen and oxygen atoms in total. The number of hydrogen-bond acceptors (Lipinski definition) is 3. The number of carboxylic acid groups (broad SMARTS) is 1. The highest BCUT2D eigenvalue weighted by molar-refractivity contribution is 6.76. The molecule has 15 heavy (non-hydrogen) atoms. The van der Waals surface area contributed by atoms with E-state index in [2.05, 4.69) is 6.58 Å². The van der Waals surface area contributed by atoms with Crippen LogP contribution in [0.5, 0.6) is 0 Å². The van der Waals surface area contributed by atoms with Gasteiger partial charge in [0.2, 0.25) is 8.32 Å². The Bertz CT molecular complexity index is 267. The zero-order valence-corrected chi connectivity index (χ0v) is 11.0. The van der Waals surface area contributed by atoms with Crippen LogP contribution < -0.4 is 0 Å². The van der Waals surface area contributed by atoms with Crippen LogP contribution in [0.15, 0.2) is 12.3 Å². The van der Waals surface area contributed by atoms with E-state index in [-0.39, 0.29) is 0 Å². The SMILES string of the molecule is C=C[Si](C)(C)OC(C)(C(=O)O)C(C)(C)O. The summed E-state index contributed by atoms with van der Waals surface area (Å²) in [5, 5.41) is 19.0. The molecule has 0 fully saturated rings. The molecule has 0 aliphatic rings. The van der Waals surface area contributed by atoms with Crippen LogP contribution in [0.2, 0.25) is 13.1 Å². The van der Waals surface area contributed by atoms with Gasteiger partial charge >= 0.3 is 5.97 Å². The van der Waals surface area contributed by atoms with E-state index in [1.165, 1.54) is 20.8 Å². The lowest BCUT2D eigenvalue weighted by molar-refractivity contribution is -0.176. The van der Waals surface area contributed by atoms with E-state index < -0.39 is 25.5 Å². The molecular weight excluding hydrogens is 212 g/mol. The van der Waals surface area contributed by atoms with Crippen LogP contribution in [0.1, 0.15) is 20.8 Å². The summed E-state index contributed by atoms with van der Waals surface area (Å²) in [5.41, 5.74) is -1.43. The number of carbonyl (C=O) groups is 1. The lowest BCUT2D eigenvalue weighted by Gasteiger charge is -2.40. The van der Waals surface area contributed by atoms with Crippen molar-refractivity contribution in [1.29, 1.82) is 0 Å². The quantitative estimate of drug-likeness (QED) is 0.706. The van der Waals surface area contributed by atoms with Crippen LogP contribution in [0, 0.1) is 0 Å². The highest BCUT2D eigenvalue weighted by Gasteiger charge is 2.50. The molecule has 0 saturated heterocycles. The molecule has 5 heteroatoms. The monoisotopic (exact) mass is 232 g/mol. The van der Waals surface area contributed by atoms with Gasteiger partial charge in [0.25, 0.3) is 0 Å². The maximum atomic E-state index is 11.2. The Morgan fingerprint density at radius 1 is 1.40 bits per heavy atom. The first-order chi connectivity index (χ1) is 6.46. The minimum Gasteiger partial charge on any atom is -0.479 e. The number of rotatable bonds is 5. The normalized spacial score (nSPS) is 16.9. The fraction of sp³-hybridized carbons (Fsp3) is 0.700. The molecular formula is C10H20O4Si. The summed E-state index contributed by atoms with van der Waals surface area (Å²) in [4.78, 5) is 11.2. The molecule has 0 heterocycles. The fourth-order valence-electron chi connectivity index (χ4n) is 0.998. The Morgan fingerprint density at radius 2 is 1.80 bits per heavy atom. The molecule has 0 saturated carbocycles. The molecule has 0 amide bonds. The van der Waals surface area contributed by atoms with Crippen LogP contribution in [0.3, 0.4) is 0 Å². The van der Waals surface area contributed by atoms with Gasteiger partial charge < -0.3 is 14.6 Å². The van der Waals surface area contributed by atoms with E-state index in [0.29, 0.717) is 0 Å². The molecule has 0 aromatic rings. The van der Waals surface area contributed by atoms with Crippen molar-refractivity contribution in [3.63, 3.8) is 0 Å². The largest absolute Gasteiger partial charge is 0.479 e. The summed E-state index contributed by atoms with van der Waals surface area (Å²) in [7, 11) is -2.26. The van der Waals surface area contributed by atoms with Gasteiger partial charge in [-0.15, -0.1) is 6.58 Å². The number of hydrogen-bond donors (Lipinski definition) is 2. The average Bonchev–Trinajstić information content (AvgIpc) is 2.01. The van der Waals surface area contributed by atoms with E-state index in [4.69, 9.17) is 9.53 Å². The Kier molecular flexibility index (Phi) is 3.90. The van der Waals surface area contributed by atoms with E-state index in [1.54, 1.807) is 5.70 Å². The summed E-state index contributed by atoms with van der Waals surface area (Å²) in [5.74, 6) is -1.17. The second-order valence-corrected chi connectivity index (χ2v) is 8.63. The molecule has 0 aliphatic carbocycles. The van der Waals surface area contributed by atoms with Gasteiger partial charge in [0.15, 0.2) is 5.60 Å². The summed E-state index contributed by atoms with van der Waals surface area (Å²) in [6, 6.07) is 0. The maximum Gasteiger partial charge on any atom is 0.337 e. The number of aliphatic hydroxyl groups is 1. The molecule has 2 N–H and O–H groups in total. The third kappa shape index (κ3) is 3.15. The third-order valence-electron chi connectivity index (χ3n) is 2.53. The average molecular weight is 232 g/mol. The minimum absolute atomic E-state index is 1.17. The first-order valence-corrected chi connectivity index (χ1v) is 7.74. The molecule has 0 bridgehead atoms. The topological polar surface area (TPSA) is 66.8 Å². The maximum absolute atomic E-state index is 11.2. The zero-order chi connectivity index (χ0) is 12.5. The van der Waals surface area contributed by atoms with E-state index in [0.717, 1.165) is 0 Å². The highest BCUT2D eigenvalue weighted by Crippen LogP contribution is 2.30. The van der Waals surface area contributed by atoms with Gasteiger partial charge in [-0.3, -0.25) is 0 Å². The summed E-state index contributed by atoms with van der Waals surface area (Å²) in [6.07, 6.45) is 0. The predicted octanol–water partition coefficient (Wildman–Crippen LogP) is 1.55. The first-order valence-electron chi connectivity index (χ1n) is 4.76. The van der Waals surface area contributed by atoms with Crippen molar-refractivity contribution in [2.45, 2.75) is 45.1 Å². The zero-order valence-electron chi connectivity index (χ0n) is 10.00. The number of aliphatic carboxylic acids is 1. The minimum atomic E-state index is -2.26. The second kappa shape index (κ2) is 4.07. The molecule has 0 aromatic heterocycles. The van der Waals surface area contributed by atoms with Gasteiger partial charge in [0, 0.05) is 0 Å². The molecule has 1 unspecified atom stereocenters. The first kappa shape index (κ1) is 14.3. The molecule has 0 aromatic carbocycles. The molecule has 0 aliphatic heterocycles. The number of carboxylic acids is 1. The van der Waals surface area contributed by atoms with Gasteiger partial charge in [0.1, 0.15) is 0 Å². The van der Waals surface area contributed by atoms with Gasteiger partial charge in [-0.25, -0.2) is 4.79 Å². The summed E-state index contributed by atoms with van der Waals surface area (Å²) in [6.45, 7) is 11.5. The van der Waals surface area contributed by atoms with Crippen LogP contribution in [0.4, 0.5) is 0 Å². The van der Waals surface area contributed by atoms with E-state index >= 15 is 0 Å². The Morgan fingerprint density at radius 3 is 2.00 bits per heavy atom. The molecule has 0 spiro atoms. The van der Waals surface area contributed by atoms with E-state index in [9.17, 15) is 9.90 Å². The van der Waals surface area contributed by atoms with Crippen molar-refractivity contribution in [3.05, 3.63) is 12.3 Å². The summed E-state index contributed by atoms with van der Waals surface area (Å²) < 4.78 is 5.57. The fourth-order valence-corrected chi connectivity index (χ4v) is 2.47. The smallest absolute Gasteiger partial charge is 0.337 e. The molecule has 88 valence electrons. The Hall–Kier alpha value is -0.653. The van der Waals surface area contributed by atoms with Crippen LogP contribution in [-0.4, -0.2) is 35.7 Å². The summed E-state index contributed by atoms with van der Waals surface area (Å²) >= 11 is 0. The van der Waals surface area contributed by atoms with Crippen molar-refractivity contribution in [2.24, 2.45) is 0 Å². The Balaban J connectivity index is 5.18. The van der Waals surface area contributed by atoms with Gasteiger partial charge in [-0.2, -0.15) is 0 Å². The van der Waals surface area contributed by atoms with Crippen molar-refractivity contribution < 1.29 is 19.4 Å². The van der Waals surface area contributed by atoms with Crippen LogP contribution in [-0.2, 0) is 9.22 Å². The highest BCUT2D eigenvalue weighted by atomic mass is 28.4. The Labute approximate surface area is 91.7 Å². The van der Waals surface area contributed by atoms with Gasteiger partial charge in [-0.1, -0.05) is 5.70 Å². The van der Waals surface area contributed by atoms with Crippen LogP contribution in [0.25, 0.3) is 0 Å². The van der Waals surface area contributed by atoms with Crippen molar-refractivity contribution >= 4 is 14.3 Å². The lowest BCUT2D eigenvalue weighted by Crippen LogP contribution is -2.59. The second-order valence-electron chi connectivity index (χ2n) is 4.81. The van der Waals surface area contributed by atoms with Crippen molar-refractivity contribution in [2.75, 3.05) is 0 Å². The van der Waals surface area contributed by atoms with Gasteiger partial charge in [0.05, 0.1) is 5.60 Å². The molecule has 0 radical (unpaired) electrons. The van der Waals surface area contributed by atoms with Crippen molar-refractivity contribution in [1.82, 2.24) is 0 Å². The third-order valence-corrected chi connectivity index (χ3v) is 4.45. The van der Waals surface area contributed by atoms with E-state index in [1.807, 2.05) is 13.1 Å².